The van der Waals surface area contributed by atoms with Crippen LogP contribution in [0.15, 0.2) is 15.5 Å². The Kier molecular flexibility index (Phi) is 6.14. The smallest absolute Gasteiger partial charge is 0.260 e. The average molecular weight is 477 g/mol. The Morgan fingerprint density at radius 2 is 1.91 bits per heavy atom. The fourth-order valence-corrected chi connectivity index (χ4v) is 5.99. The minimum atomic E-state index is -3.75. The Labute approximate surface area is 192 Å². The van der Waals surface area contributed by atoms with Gasteiger partial charge >= 0.3 is 0 Å². The number of fused-ring (bicyclic) bond motifs is 1. The standard InChI is InChI=1S/C21H28N6O5S/c1-13-11-14(2)22-20-18(13)21(23-25(20)5)31-12-17(28)26-7-6-8-27(10-9-26)33(29,30)19-15(3)24-32-16(19)4/h11H,6-10,12H2,1-5H3. The summed E-state index contributed by atoms with van der Waals surface area (Å²) >= 11 is 0. The average Bonchev–Trinajstić information content (AvgIpc) is 3.12. The van der Waals surface area contributed by atoms with Gasteiger partial charge in [0.05, 0.1) is 5.39 Å². The molecule has 0 saturated carbocycles. The molecule has 12 heteroatoms. The Morgan fingerprint density at radius 3 is 2.61 bits per heavy atom. The summed E-state index contributed by atoms with van der Waals surface area (Å²) in [5, 5.41) is 8.91. The van der Waals surface area contributed by atoms with Crippen LogP contribution in [0.2, 0.25) is 0 Å². The summed E-state index contributed by atoms with van der Waals surface area (Å²) in [6.07, 6.45) is 0.517. The topological polar surface area (TPSA) is 124 Å². The van der Waals surface area contributed by atoms with Gasteiger partial charge in [0, 0.05) is 38.9 Å². The van der Waals surface area contributed by atoms with Crippen LogP contribution in [0.1, 0.15) is 29.1 Å². The number of hydrogen-bond acceptors (Lipinski definition) is 8. The monoisotopic (exact) mass is 476 g/mol. The molecule has 0 aromatic carbocycles. The van der Waals surface area contributed by atoms with E-state index in [1.54, 1.807) is 30.5 Å². The Morgan fingerprint density at radius 1 is 1.15 bits per heavy atom. The number of hydrogen-bond donors (Lipinski definition) is 0. The SMILES string of the molecule is Cc1cc(C)c2c(OCC(=O)N3CCCN(S(=O)(=O)c4c(C)noc4C)CC3)nn(C)c2n1. The lowest BCUT2D eigenvalue weighted by molar-refractivity contribution is -0.133. The second-order valence-electron chi connectivity index (χ2n) is 8.29. The third-order valence-corrected chi connectivity index (χ3v) is 7.94. The maximum absolute atomic E-state index is 13.1. The van der Waals surface area contributed by atoms with Crippen molar-refractivity contribution in [1.82, 2.24) is 29.1 Å². The van der Waals surface area contributed by atoms with Crippen molar-refractivity contribution >= 4 is 27.0 Å². The van der Waals surface area contributed by atoms with E-state index in [0.29, 0.717) is 36.7 Å². The molecule has 0 aliphatic carbocycles. The van der Waals surface area contributed by atoms with Gasteiger partial charge < -0.3 is 14.2 Å². The fourth-order valence-electron chi connectivity index (χ4n) is 4.23. The van der Waals surface area contributed by atoms with Gasteiger partial charge in [-0.15, -0.1) is 5.10 Å². The van der Waals surface area contributed by atoms with Gasteiger partial charge in [0.1, 0.15) is 10.6 Å². The molecule has 0 radical (unpaired) electrons. The summed E-state index contributed by atoms with van der Waals surface area (Å²) in [6, 6.07) is 1.95. The van der Waals surface area contributed by atoms with Crippen LogP contribution in [0.3, 0.4) is 0 Å². The number of sulfonamides is 1. The van der Waals surface area contributed by atoms with Gasteiger partial charge in [-0.25, -0.2) is 18.1 Å². The second kappa shape index (κ2) is 8.75. The first-order chi connectivity index (χ1) is 15.6. The molecular weight excluding hydrogens is 448 g/mol. The van der Waals surface area contributed by atoms with E-state index in [4.69, 9.17) is 9.26 Å². The molecule has 3 aromatic rings. The lowest BCUT2D eigenvalue weighted by Crippen LogP contribution is -2.39. The van der Waals surface area contributed by atoms with Gasteiger partial charge in [0.15, 0.2) is 18.0 Å². The van der Waals surface area contributed by atoms with Crippen LogP contribution in [0.5, 0.6) is 5.88 Å². The molecule has 1 fully saturated rings. The summed E-state index contributed by atoms with van der Waals surface area (Å²) in [7, 11) is -1.97. The Hall–Kier alpha value is -2.99. The van der Waals surface area contributed by atoms with E-state index in [9.17, 15) is 13.2 Å². The minimum Gasteiger partial charge on any atom is -0.466 e. The van der Waals surface area contributed by atoms with Crippen molar-refractivity contribution < 1.29 is 22.5 Å². The maximum atomic E-state index is 13.1. The molecule has 33 heavy (non-hydrogen) atoms. The quantitative estimate of drug-likeness (QED) is 0.543. The van der Waals surface area contributed by atoms with Crippen molar-refractivity contribution in [3.63, 3.8) is 0 Å². The molecular formula is C21H28N6O5S. The molecule has 4 heterocycles. The molecule has 11 nitrogen and oxygen atoms in total. The van der Waals surface area contributed by atoms with E-state index in [0.717, 1.165) is 16.6 Å². The van der Waals surface area contributed by atoms with Crippen molar-refractivity contribution in [2.24, 2.45) is 7.05 Å². The lowest BCUT2D eigenvalue weighted by atomic mass is 10.2. The van der Waals surface area contributed by atoms with Crippen LogP contribution in [-0.4, -0.2) is 76.2 Å². The molecule has 3 aromatic heterocycles. The van der Waals surface area contributed by atoms with Crippen LogP contribution in [-0.2, 0) is 21.9 Å². The van der Waals surface area contributed by atoms with Crippen LogP contribution in [0.25, 0.3) is 11.0 Å². The van der Waals surface area contributed by atoms with Gasteiger partial charge in [-0.05, 0) is 45.7 Å². The molecule has 1 aliphatic heterocycles. The number of carbonyl (C=O) groups excluding carboxylic acids is 1. The number of amides is 1. The second-order valence-corrected chi connectivity index (χ2v) is 10.2. The summed E-state index contributed by atoms with van der Waals surface area (Å²) in [5.74, 6) is 0.409. The zero-order valence-electron chi connectivity index (χ0n) is 19.5. The minimum absolute atomic E-state index is 0.104. The molecule has 0 N–H and O–H groups in total. The van der Waals surface area contributed by atoms with Crippen LogP contribution in [0.4, 0.5) is 0 Å². The third kappa shape index (κ3) is 4.32. The number of aryl methyl sites for hydroxylation is 5. The van der Waals surface area contributed by atoms with E-state index in [1.165, 1.54) is 4.31 Å². The third-order valence-electron chi connectivity index (χ3n) is 5.79. The van der Waals surface area contributed by atoms with Crippen LogP contribution >= 0.6 is 0 Å². The van der Waals surface area contributed by atoms with Crippen molar-refractivity contribution in [3.8, 4) is 5.88 Å². The van der Waals surface area contributed by atoms with Crippen molar-refractivity contribution in [2.75, 3.05) is 32.8 Å². The molecule has 0 spiro atoms. The van der Waals surface area contributed by atoms with E-state index in [1.807, 2.05) is 19.9 Å². The summed E-state index contributed by atoms with van der Waals surface area (Å²) in [4.78, 5) is 19.1. The highest BCUT2D eigenvalue weighted by Crippen LogP contribution is 2.27. The summed E-state index contributed by atoms with van der Waals surface area (Å²) < 4.78 is 40.0. The summed E-state index contributed by atoms with van der Waals surface area (Å²) in [6.45, 7) is 8.08. The van der Waals surface area contributed by atoms with E-state index in [2.05, 4.69) is 15.2 Å². The zero-order valence-corrected chi connectivity index (χ0v) is 20.3. The molecule has 1 amide bonds. The molecule has 4 rings (SSSR count). The predicted molar refractivity (Wildman–Crippen MR) is 119 cm³/mol. The first-order valence-electron chi connectivity index (χ1n) is 10.7. The highest BCUT2D eigenvalue weighted by atomic mass is 32.2. The highest BCUT2D eigenvalue weighted by molar-refractivity contribution is 7.89. The summed E-state index contributed by atoms with van der Waals surface area (Å²) in [5.41, 5.74) is 2.89. The van der Waals surface area contributed by atoms with Crippen LogP contribution in [0, 0.1) is 27.7 Å². The van der Waals surface area contributed by atoms with Crippen molar-refractivity contribution in [3.05, 3.63) is 28.8 Å². The van der Waals surface area contributed by atoms with Crippen molar-refractivity contribution in [2.45, 2.75) is 39.0 Å². The number of aromatic nitrogens is 4. The maximum Gasteiger partial charge on any atom is 0.260 e. The fraction of sp³-hybridized carbons (Fsp3) is 0.524. The number of rotatable bonds is 5. The number of ether oxygens (including phenoxy) is 1. The lowest BCUT2D eigenvalue weighted by Gasteiger charge is -2.21. The molecule has 1 aliphatic rings. The number of pyridine rings is 1. The van der Waals surface area contributed by atoms with Crippen molar-refractivity contribution in [1.29, 1.82) is 0 Å². The predicted octanol–water partition coefficient (Wildman–Crippen LogP) is 1.49. The van der Waals surface area contributed by atoms with Gasteiger partial charge in [-0.1, -0.05) is 5.16 Å². The Bertz CT molecular complexity index is 1290. The number of nitrogens with zero attached hydrogens (tertiary/aromatic N) is 6. The molecule has 178 valence electrons. The Balaban J connectivity index is 1.43. The zero-order chi connectivity index (χ0) is 23.9. The normalized spacial score (nSPS) is 15.7. The molecule has 0 atom stereocenters. The van der Waals surface area contributed by atoms with E-state index >= 15 is 0 Å². The van der Waals surface area contributed by atoms with Crippen LogP contribution < -0.4 is 4.74 Å². The van der Waals surface area contributed by atoms with Gasteiger partial charge in [0.2, 0.25) is 15.9 Å². The molecule has 0 bridgehead atoms. The highest BCUT2D eigenvalue weighted by Gasteiger charge is 2.33. The first-order valence-corrected chi connectivity index (χ1v) is 12.2. The van der Waals surface area contributed by atoms with Gasteiger partial charge in [-0.2, -0.15) is 4.31 Å². The first kappa shape index (κ1) is 23.2. The van der Waals surface area contributed by atoms with Gasteiger partial charge in [-0.3, -0.25) is 4.79 Å². The van der Waals surface area contributed by atoms with E-state index < -0.39 is 10.0 Å². The van der Waals surface area contributed by atoms with E-state index in [-0.39, 0.29) is 36.3 Å². The number of carbonyl (C=O) groups is 1. The molecule has 0 unspecified atom stereocenters. The molecule has 1 saturated heterocycles. The largest absolute Gasteiger partial charge is 0.466 e. The van der Waals surface area contributed by atoms with Gasteiger partial charge in [0.25, 0.3) is 5.91 Å².